The maximum atomic E-state index is 11.8. The predicted octanol–water partition coefficient (Wildman–Crippen LogP) is 0.587. The Hall–Kier alpha value is -1.89. The molecule has 7 nitrogen and oxygen atoms in total. The third-order valence-electron chi connectivity index (χ3n) is 3.28. The van der Waals surface area contributed by atoms with E-state index in [1.165, 1.54) is 12.8 Å². The average Bonchev–Trinajstić information content (AvgIpc) is 3.05. The molecule has 1 unspecified atom stereocenters. The summed E-state index contributed by atoms with van der Waals surface area (Å²) in [5.74, 6) is -1.99. The Kier molecular flexibility index (Phi) is 4.16. The molecule has 1 aromatic heterocycles. The Morgan fingerprint density at radius 2 is 2.21 bits per heavy atom. The number of carbonyl (C=O) groups excluding carboxylic acids is 1. The van der Waals surface area contributed by atoms with Gasteiger partial charge in [0.1, 0.15) is 0 Å². The highest BCUT2D eigenvalue weighted by atomic mass is 16.5. The molecule has 0 aliphatic carbocycles. The molecule has 2 N–H and O–H groups in total. The summed E-state index contributed by atoms with van der Waals surface area (Å²) in [6.07, 6.45) is 2.40. The molecule has 1 saturated heterocycles. The van der Waals surface area contributed by atoms with Gasteiger partial charge >= 0.3 is 5.97 Å². The van der Waals surface area contributed by atoms with Gasteiger partial charge in [0.05, 0.1) is 0 Å². The van der Waals surface area contributed by atoms with Gasteiger partial charge in [-0.3, -0.25) is 9.69 Å². The van der Waals surface area contributed by atoms with Gasteiger partial charge in [-0.25, -0.2) is 4.79 Å². The van der Waals surface area contributed by atoms with E-state index < -0.39 is 11.9 Å². The number of likely N-dealkylation sites (tertiary alicyclic amines) is 1. The number of carboxylic acids is 1. The van der Waals surface area contributed by atoms with Crippen LogP contribution in [0.1, 0.15) is 40.8 Å². The minimum Gasteiger partial charge on any atom is -0.475 e. The van der Waals surface area contributed by atoms with Gasteiger partial charge in [-0.1, -0.05) is 5.16 Å². The maximum absolute atomic E-state index is 11.8. The first-order chi connectivity index (χ1) is 9.08. The Morgan fingerprint density at radius 1 is 1.53 bits per heavy atom. The standard InChI is InChI=1S/C12H17N3O4/c1-8(15-4-2-3-5-15)7-13-11(16)9-6-10(12(17)18)19-14-9/h6,8H,2-5,7H2,1H3,(H,13,16)(H,17,18). The highest BCUT2D eigenvalue weighted by Crippen LogP contribution is 2.11. The van der Waals surface area contributed by atoms with Crippen LogP contribution in [0.15, 0.2) is 10.6 Å². The second-order valence-corrected chi connectivity index (χ2v) is 4.68. The molecular weight excluding hydrogens is 250 g/mol. The summed E-state index contributed by atoms with van der Waals surface area (Å²) in [5.41, 5.74) is -0.00831. The van der Waals surface area contributed by atoms with E-state index in [9.17, 15) is 9.59 Å². The summed E-state index contributed by atoms with van der Waals surface area (Å²) in [4.78, 5) is 24.7. The molecule has 104 valence electrons. The fourth-order valence-electron chi connectivity index (χ4n) is 2.13. The maximum Gasteiger partial charge on any atom is 0.374 e. The normalized spacial score (nSPS) is 17.3. The van der Waals surface area contributed by atoms with E-state index in [0.717, 1.165) is 19.2 Å². The van der Waals surface area contributed by atoms with Crippen molar-refractivity contribution in [1.29, 1.82) is 0 Å². The quantitative estimate of drug-likeness (QED) is 0.810. The summed E-state index contributed by atoms with van der Waals surface area (Å²) in [6, 6.07) is 1.38. The number of nitrogens with one attached hydrogen (secondary N) is 1. The number of rotatable bonds is 5. The van der Waals surface area contributed by atoms with Crippen molar-refractivity contribution in [2.75, 3.05) is 19.6 Å². The van der Waals surface area contributed by atoms with Gasteiger partial charge in [-0.2, -0.15) is 0 Å². The van der Waals surface area contributed by atoms with E-state index in [0.29, 0.717) is 6.54 Å². The van der Waals surface area contributed by atoms with Crippen molar-refractivity contribution in [3.63, 3.8) is 0 Å². The number of amides is 1. The molecule has 1 aliphatic heterocycles. The van der Waals surface area contributed by atoms with E-state index in [4.69, 9.17) is 5.11 Å². The number of carbonyl (C=O) groups is 2. The minimum absolute atomic E-state index is 0.00831. The smallest absolute Gasteiger partial charge is 0.374 e. The zero-order valence-corrected chi connectivity index (χ0v) is 10.8. The van der Waals surface area contributed by atoms with Crippen LogP contribution in [0.4, 0.5) is 0 Å². The molecule has 1 atom stereocenters. The summed E-state index contributed by atoms with van der Waals surface area (Å²) >= 11 is 0. The monoisotopic (exact) mass is 267 g/mol. The predicted molar refractivity (Wildman–Crippen MR) is 66.1 cm³/mol. The first-order valence-corrected chi connectivity index (χ1v) is 6.30. The lowest BCUT2D eigenvalue weighted by atomic mass is 10.3. The van der Waals surface area contributed by atoms with Gasteiger partial charge in [0, 0.05) is 18.7 Å². The number of aromatic carboxylic acids is 1. The van der Waals surface area contributed by atoms with Gasteiger partial charge in [0.25, 0.3) is 5.91 Å². The highest BCUT2D eigenvalue weighted by molar-refractivity contribution is 5.94. The van der Waals surface area contributed by atoms with Crippen LogP contribution in [0.2, 0.25) is 0 Å². The molecule has 1 aromatic rings. The van der Waals surface area contributed by atoms with Gasteiger partial charge in [0.2, 0.25) is 5.76 Å². The molecule has 2 rings (SSSR count). The van der Waals surface area contributed by atoms with Crippen LogP contribution >= 0.6 is 0 Å². The van der Waals surface area contributed by atoms with Crippen LogP contribution in [0.5, 0.6) is 0 Å². The summed E-state index contributed by atoms with van der Waals surface area (Å²) in [7, 11) is 0. The minimum atomic E-state index is -1.24. The topological polar surface area (TPSA) is 95.7 Å². The second kappa shape index (κ2) is 5.83. The summed E-state index contributed by atoms with van der Waals surface area (Å²) < 4.78 is 4.53. The molecule has 0 bridgehead atoms. The van der Waals surface area contributed by atoms with Gasteiger partial charge in [-0.05, 0) is 32.9 Å². The SMILES string of the molecule is CC(CNC(=O)c1cc(C(=O)O)on1)N1CCCC1. The van der Waals surface area contributed by atoms with Crippen LogP contribution in [0.3, 0.4) is 0 Å². The van der Waals surface area contributed by atoms with Gasteiger partial charge in [0.15, 0.2) is 5.69 Å². The van der Waals surface area contributed by atoms with E-state index in [2.05, 4.69) is 26.8 Å². The van der Waals surface area contributed by atoms with E-state index in [1.807, 2.05) is 0 Å². The lowest BCUT2D eigenvalue weighted by Crippen LogP contribution is -2.40. The molecule has 1 amide bonds. The molecule has 7 heteroatoms. The third-order valence-corrected chi connectivity index (χ3v) is 3.28. The second-order valence-electron chi connectivity index (χ2n) is 4.68. The van der Waals surface area contributed by atoms with Crippen molar-refractivity contribution in [1.82, 2.24) is 15.4 Å². The molecule has 19 heavy (non-hydrogen) atoms. The Bertz CT molecular complexity index is 465. The number of nitrogens with zero attached hydrogens (tertiary/aromatic N) is 2. The Morgan fingerprint density at radius 3 is 2.79 bits per heavy atom. The molecule has 0 aromatic carbocycles. The Labute approximate surface area is 110 Å². The zero-order chi connectivity index (χ0) is 13.8. The lowest BCUT2D eigenvalue weighted by Gasteiger charge is -2.23. The van der Waals surface area contributed by atoms with Crippen molar-refractivity contribution in [3.05, 3.63) is 17.5 Å². The number of hydrogen-bond donors (Lipinski definition) is 2. The summed E-state index contributed by atoms with van der Waals surface area (Å²) in [5, 5.41) is 14.8. The molecule has 0 radical (unpaired) electrons. The number of hydrogen-bond acceptors (Lipinski definition) is 5. The largest absolute Gasteiger partial charge is 0.475 e. The van der Waals surface area contributed by atoms with E-state index >= 15 is 0 Å². The molecular formula is C12H17N3O4. The molecule has 2 heterocycles. The van der Waals surface area contributed by atoms with Gasteiger partial charge in [-0.15, -0.1) is 0 Å². The fraction of sp³-hybridized carbons (Fsp3) is 0.583. The van der Waals surface area contributed by atoms with Crippen molar-refractivity contribution in [2.45, 2.75) is 25.8 Å². The molecule has 0 saturated carbocycles. The lowest BCUT2D eigenvalue weighted by molar-refractivity contribution is 0.0651. The van der Waals surface area contributed by atoms with E-state index in [-0.39, 0.29) is 17.5 Å². The molecule has 1 aliphatic rings. The first-order valence-electron chi connectivity index (χ1n) is 6.30. The Balaban J connectivity index is 1.84. The highest BCUT2D eigenvalue weighted by Gasteiger charge is 2.20. The van der Waals surface area contributed by atoms with Crippen LogP contribution in [-0.2, 0) is 0 Å². The van der Waals surface area contributed by atoms with Crippen molar-refractivity contribution < 1.29 is 19.2 Å². The fourth-order valence-corrected chi connectivity index (χ4v) is 2.13. The third kappa shape index (κ3) is 3.31. The van der Waals surface area contributed by atoms with Crippen LogP contribution in [0, 0.1) is 0 Å². The zero-order valence-electron chi connectivity index (χ0n) is 10.8. The number of aromatic nitrogens is 1. The van der Waals surface area contributed by atoms with Crippen LogP contribution in [-0.4, -0.2) is 52.7 Å². The van der Waals surface area contributed by atoms with Crippen molar-refractivity contribution in [2.24, 2.45) is 0 Å². The average molecular weight is 267 g/mol. The van der Waals surface area contributed by atoms with E-state index in [1.54, 1.807) is 0 Å². The molecule has 0 spiro atoms. The summed E-state index contributed by atoms with van der Waals surface area (Å²) in [6.45, 7) is 4.68. The first kappa shape index (κ1) is 13.5. The molecule has 1 fully saturated rings. The number of carboxylic acid groups (broad SMARTS) is 1. The van der Waals surface area contributed by atoms with Crippen LogP contribution in [0.25, 0.3) is 0 Å². The van der Waals surface area contributed by atoms with Crippen molar-refractivity contribution >= 4 is 11.9 Å². The van der Waals surface area contributed by atoms with Crippen LogP contribution < -0.4 is 5.32 Å². The van der Waals surface area contributed by atoms with Crippen molar-refractivity contribution in [3.8, 4) is 0 Å². The van der Waals surface area contributed by atoms with Gasteiger partial charge < -0.3 is 14.9 Å².